The first-order chi connectivity index (χ1) is 10.4. The molecule has 0 amide bonds. The highest BCUT2D eigenvalue weighted by molar-refractivity contribution is 5.15. The van der Waals surface area contributed by atoms with E-state index in [1.165, 1.54) is 25.7 Å². The summed E-state index contributed by atoms with van der Waals surface area (Å²) in [5.74, 6) is 1.90. The molecule has 0 spiro atoms. The van der Waals surface area contributed by atoms with E-state index in [0.29, 0.717) is 18.4 Å². The smallest absolute Gasteiger partial charge is 0.231 e. The molecule has 2 heterocycles. The van der Waals surface area contributed by atoms with Gasteiger partial charge in [-0.25, -0.2) is 0 Å². The lowest BCUT2D eigenvalue weighted by molar-refractivity contribution is 0.309. The summed E-state index contributed by atoms with van der Waals surface area (Å²) in [4.78, 5) is 8.66. The van der Waals surface area contributed by atoms with Crippen LogP contribution in [0.5, 0.6) is 0 Å². The molecule has 3 rings (SSSR count). The highest BCUT2D eigenvalue weighted by atomic mass is 16.5. The van der Waals surface area contributed by atoms with E-state index in [2.05, 4.69) is 20.4 Å². The van der Waals surface area contributed by atoms with Gasteiger partial charge >= 0.3 is 0 Å². The topological polar surface area (TPSA) is 63.8 Å². The molecule has 0 aromatic carbocycles. The SMILES string of the molecule is CNC1CCCCCC1c1nc(Cc2ccncc2)no1. The predicted octanol–water partition coefficient (Wildman–Crippen LogP) is 2.69. The van der Waals surface area contributed by atoms with E-state index >= 15 is 0 Å². The van der Waals surface area contributed by atoms with Crippen molar-refractivity contribution in [3.05, 3.63) is 41.8 Å². The molecule has 0 aliphatic heterocycles. The molecule has 2 atom stereocenters. The zero-order chi connectivity index (χ0) is 14.5. The van der Waals surface area contributed by atoms with Crippen LogP contribution >= 0.6 is 0 Å². The Morgan fingerprint density at radius 3 is 2.81 bits per heavy atom. The van der Waals surface area contributed by atoms with E-state index in [0.717, 1.165) is 23.7 Å². The summed E-state index contributed by atoms with van der Waals surface area (Å²) in [5.41, 5.74) is 1.16. The van der Waals surface area contributed by atoms with Crippen LogP contribution in [0.15, 0.2) is 29.0 Å². The molecule has 2 aromatic heterocycles. The first kappa shape index (κ1) is 14.2. The summed E-state index contributed by atoms with van der Waals surface area (Å²) in [5, 5.41) is 7.57. The third-order valence-corrected chi connectivity index (χ3v) is 4.30. The number of nitrogens with zero attached hydrogens (tertiary/aromatic N) is 3. The molecule has 1 aliphatic rings. The van der Waals surface area contributed by atoms with Crippen molar-refractivity contribution in [3.8, 4) is 0 Å². The number of aromatic nitrogens is 3. The van der Waals surface area contributed by atoms with E-state index in [1.54, 1.807) is 12.4 Å². The van der Waals surface area contributed by atoms with Crippen LogP contribution in [0.1, 0.15) is 55.3 Å². The van der Waals surface area contributed by atoms with Gasteiger partial charge in [-0.3, -0.25) is 4.98 Å². The van der Waals surface area contributed by atoms with Crippen LogP contribution in [0, 0.1) is 0 Å². The normalized spacial score (nSPS) is 22.9. The van der Waals surface area contributed by atoms with Crippen molar-refractivity contribution in [3.63, 3.8) is 0 Å². The molecular weight excluding hydrogens is 264 g/mol. The van der Waals surface area contributed by atoms with Gasteiger partial charge in [0.25, 0.3) is 0 Å². The molecule has 1 saturated carbocycles. The summed E-state index contributed by atoms with van der Waals surface area (Å²) in [7, 11) is 2.03. The fourth-order valence-corrected chi connectivity index (χ4v) is 3.12. The van der Waals surface area contributed by atoms with Crippen molar-refractivity contribution in [2.24, 2.45) is 0 Å². The molecule has 5 heteroatoms. The van der Waals surface area contributed by atoms with Crippen molar-refractivity contribution in [2.45, 2.75) is 50.5 Å². The maximum Gasteiger partial charge on any atom is 0.231 e. The molecule has 2 aromatic rings. The third-order valence-electron chi connectivity index (χ3n) is 4.30. The summed E-state index contributed by atoms with van der Waals surface area (Å²) in [6.45, 7) is 0. The second-order valence-electron chi connectivity index (χ2n) is 5.72. The molecule has 1 fully saturated rings. The zero-order valence-electron chi connectivity index (χ0n) is 12.5. The minimum absolute atomic E-state index is 0.344. The van der Waals surface area contributed by atoms with Crippen LogP contribution in [-0.2, 0) is 6.42 Å². The lowest BCUT2D eigenvalue weighted by Crippen LogP contribution is -2.31. The highest BCUT2D eigenvalue weighted by Crippen LogP contribution is 2.31. The van der Waals surface area contributed by atoms with E-state index in [1.807, 2.05) is 19.2 Å². The molecule has 0 bridgehead atoms. The Balaban J connectivity index is 1.74. The number of hydrogen-bond donors (Lipinski definition) is 1. The third kappa shape index (κ3) is 3.47. The lowest BCUT2D eigenvalue weighted by atomic mass is 9.95. The molecule has 1 N–H and O–H groups in total. The van der Waals surface area contributed by atoms with Crippen molar-refractivity contribution in [2.75, 3.05) is 7.05 Å². The molecule has 0 saturated heterocycles. The Bertz CT molecular complexity index is 554. The monoisotopic (exact) mass is 286 g/mol. The first-order valence-electron chi connectivity index (χ1n) is 7.75. The minimum Gasteiger partial charge on any atom is -0.339 e. The van der Waals surface area contributed by atoms with Crippen molar-refractivity contribution in [1.82, 2.24) is 20.4 Å². The fraction of sp³-hybridized carbons (Fsp3) is 0.562. The van der Waals surface area contributed by atoms with Crippen molar-refractivity contribution in [1.29, 1.82) is 0 Å². The average molecular weight is 286 g/mol. The van der Waals surface area contributed by atoms with E-state index in [-0.39, 0.29) is 0 Å². The van der Waals surface area contributed by atoms with E-state index < -0.39 is 0 Å². The number of pyridine rings is 1. The van der Waals surface area contributed by atoms with Gasteiger partial charge in [0.1, 0.15) is 0 Å². The summed E-state index contributed by atoms with van der Waals surface area (Å²) in [6, 6.07) is 4.41. The lowest BCUT2D eigenvalue weighted by Gasteiger charge is -2.20. The summed E-state index contributed by atoms with van der Waals surface area (Å²) < 4.78 is 5.55. The molecule has 5 nitrogen and oxygen atoms in total. The highest BCUT2D eigenvalue weighted by Gasteiger charge is 2.28. The van der Waals surface area contributed by atoms with Gasteiger partial charge < -0.3 is 9.84 Å². The van der Waals surface area contributed by atoms with Gasteiger partial charge in [-0.05, 0) is 37.6 Å². The van der Waals surface area contributed by atoms with Crippen LogP contribution in [-0.4, -0.2) is 28.2 Å². The quantitative estimate of drug-likeness (QED) is 0.875. The average Bonchev–Trinajstić information content (AvgIpc) is 2.84. The molecule has 0 radical (unpaired) electrons. The molecule has 112 valence electrons. The van der Waals surface area contributed by atoms with Gasteiger partial charge in [-0.1, -0.05) is 24.4 Å². The Labute approximate surface area is 125 Å². The Kier molecular flexibility index (Phi) is 4.60. The second-order valence-corrected chi connectivity index (χ2v) is 5.72. The zero-order valence-corrected chi connectivity index (χ0v) is 12.5. The van der Waals surface area contributed by atoms with Crippen molar-refractivity contribution < 1.29 is 4.52 Å². The molecular formula is C16H22N4O. The maximum atomic E-state index is 5.55. The standard InChI is InChI=1S/C16H22N4O/c1-17-14-6-4-2-3-5-13(14)16-19-15(20-21-16)11-12-7-9-18-10-8-12/h7-10,13-14,17H,2-6,11H2,1H3. The number of likely N-dealkylation sites (N-methyl/N-ethyl adjacent to an activating group) is 1. The van der Waals surface area contributed by atoms with Crippen LogP contribution < -0.4 is 5.32 Å². The van der Waals surface area contributed by atoms with Gasteiger partial charge in [-0.2, -0.15) is 4.98 Å². The second kappa shape index (κ2) is 6.80. The van der Waals surface area contributed by atoms with E-state index in [4.69, 9.17) is 4.52 Å². The van der Waals surface area contributed by atoms with Gasteiger partial charge in [0.2, 0.25) is 5.89 Å². The number of hydrogen-bond acceptors (Lipinski definition) is 5. The molecule has 1 aliphatic carbocycles. The predicted molar refractivity (Wildman–Crippen MR) is 80.0 cm³/mol. The van der Waals surface area contributed by atoms with Gasteiger partial charge in [0, 0.05) is 24.9 Å². The van der Waals surface area contributed by atoms with Crippen LogP contribution in [0.3, 0.4) is 0 Å². The summed E-state index contributed by atoms with van der Waals surface area (Å²) >= 11 is 0. The Morgan fingerprint density at radius 2 is 2.00 bits per heavy atom. The van der Waals surface area contributed by atoms with Crippen LogP contribution in [0.25, 0.3) is 0 Å². The van der Waals surface area contributed by atoms with E-state index in [9.17, 15) is 0 Å². The van der Waals surface area contributed by atoms with Gasteiger partial charge in [0.15, 0.2) is 5.82 Å². The van der Waals surface area contributed by atoms with Gasteiger partial charge in [0.05, 0.1) is 5.92 Å². The van der Waals surface area contributed by atoms with Gasteiger partial charge in [-0.15, -0.1) is 0 Å². The first-order valence-corrected chi connectivity index (χ1v) is 7.75. The summed E-state index contributed by atoms with van der Waals surface area (Å²) in [6.07, 6.45) is 10.4. The van der Waals surface area contributed by atoms with Crippen LogP contribution in [0.4, 0.5) is 0 Å². The van der Waals surface area contributed by atoms with Crippen LogP contribution in [0.2, 0.25) is 0 Å². The number of nitrogens with one attached hydrogen (secondary N) is 1. The molecule has 2 unspecified atom stereocenters. The maximum absolute atomic E-state index is 5.55. The number of rotatable bonds is 4. The van der Waals surface area contributed by atoms with Crippen molar-refractivity contribution >= 4 is 0 Å². The Morgan fingerprint density at radius 1 is 1.19 bits per heavy atom. The fourth-order valence-electron chi connectivity index (χ4n) is 3.12. The molecule has 21 heavy (non-hydrogen) atoms. The minimum atomic E-state index is 0.344. The largest absolute Gasteiger partial charge is 0.339 e. The Hall–Kier alpha value is -1.75.